The molecule has 1 heterocycles. The molecule has 1 atom stereocenters. The fourth-order valence-corrected chi connectivity index (χ4v) is 2.66. The lowest BCUT2D eigenvalue weighted by Crippen LogP contribution is -2.28. The molecule has 19 heavy (non-hydrogen) atoms. The first-order valence-electron chi connectivity index (χ1n) is 7.15. The van der Waals surface area contributed by atoms with E-state index in [0.717, 1.165) is 0 Å². The van der Waals surface area contributed by atoms with E-state index in [0.29, 0.717) is 24.2 Å². The Labute approximate surface area is 114 Å². The number of rotatable bonds is 5. The minimum atomic E-state index is -0.282. The van der Waals surface area contributed by atoms with Gasteiger partial charge in [-0.3, -0.25) is 0 Å². The zero-order chi connectivity index (χ0) is 13.9. The van der Waals surface area contributed by atoms with Crippen LogP contribution in [-0.4, -0.2) is 23.8 Å². The SMILES string of the molecule is COC(c1noc(C(C)(C)CN)n1)C1CCCCC1. The first kappa shape index (κ1) is 14.5. The maximum absolute atomic E-state index is 5.74. The van der Waals surface area contributed by atoms with E-state index < -0.39 is 0 Å². The zero-order valence-corrected chi connectivity index (χ0v) is 12.2. The van der Waals surface area contributed by atoms with Crippen molar-refractivity contribution in [1.82, 2.24) is 10.1 Å². The van der Waals surface area contributed by atoms with Crippen molar-refractivity contribution >= 4 is 0 Å². The molecule has 1 aliphatic carbocycles. The third kappa shape index (κ3) is 3.15. The minimum absolute atomic E-state index is 0.0497. The Morgan fingerprint density at radius 2 is 2.05 bits per heavy atom. The van der Waals surface area contributed by atoms with Gasteiger partial charge in [-0.1, -0.05) is 24.4 Å². The maximum Gasteiger partial charge on any atom is 0.233 e. The quantitative estimate of drug-likeness (QED) is 0.887. The highest BCUT2D eigenvalue weighted by atomic mass is 16.5. The van der Waals surface area contributed by atoms with Crippen LogP contribution in [0.2, 0.25) is 0 Å². The van der Waals surface area contributed by atoms with Gasteiger partial charge in [0, 0.05) is 13.7 Å². The van der Waals surface area contributed by atoms with Crippen LogP contribution < -0.4 is 5.73 Å². The lowest BCUT2D eigenvalue weighted by molar-refractivity contribution is 0.0273. The Hall–Kier alpha value is -0.940. The number of ether oxygens (including phenoxy) is 1. The molecule has 1 unspecified atom stereocenters. The average molecular weight is 267 g/mol. The van der Waals surface area contributed by atoms with E-state index in [1.165, 1.54) is 32.1 Å². The number of methoxy groups -OCH3 is 1. The van der Waals surface area contributed by atoms with Gasteiger partial charge in [-0.25, -0.2) is 0 Å². The summed E-state index contributed by atoms with van der Waals surface area (Å²) in [6.07, 6.45) is 6.18. The summed E-state index contributed by atoms with van der Waals surface area (Å²) in [6.45, 7) is 4.50. The summed E-state index contributed by atoms with van der Waals surface area (Å²) in [5.41, 5.74) is 5.46. The summed E-state index contributed by atoms with van der Waals surface area (Å²) in [7, 11) is 1.73. The molecule has 1 aromatic rings. The number of hydrogen-bond acceptors (Lipinski definition) is 5. The van der Waals surface area contributed by atoms with Gasteiger partial charge in [0.1, 0.15) is 6.10 Å². The smallest absolute Gasteiger partial charge is 0.233 e. The topological polar surface area (TPSA) is 74.2 Å². The summed E-state index contributed by atoms with van der Waals surface area (Å²) < 4.78 is 11.0. The fourth-order valence-electron chi connectivity index (χ4n) is 2.66. The number of nitrogens with zero attached hydrogens (tertiary/aromatic N) is 2. The van der Waals surface area contributed by atoms with Crippen LogP contribution in [0.4, 0.5) is 0 Å². The Morgan fingerprint density at radius 3 is 2.63 bits per heavy atom. The van der Waals surface area contributed by atoms with Crippen molar-refractivity contribution < 1.29 is 9.26 Å². The van der Waals surface area contributed by atoms with Crippen LogP contribution in [0.3, 0.4) is 0 Å². The largest absolute Gasteiger partial charge is 0.373 e. The Balaban J connectivity index is 2.15. The van der Waals surface area contributed by atoms with Crippen molar-refractivity contribution in [2.24, 2.45) is 11.7 Å². The van der Waals surface area contributed by atoms with Crippen LogP contribution in [0.15, 0.2) is 4.52 Å². The lowest BCUT2D eigenvalue weighted by Gasteiger charge is -2.27. The van der Waals surface area contributed by atoms with Gasteiger partial charge in [-0.05, 0) is 32.6 Å². The number of aromatic nitrogens is 2. The molecular formula is C14H25N3O2. The first-order valence-corrected chi connectivity index (χ1v) is 7.15. The van der Waals surface area contributed by atoms with E-state index in [1.807, 2.05) is 13.8 Å². The minimum Gasteiger partial charge on any atom is -0.373 e. The van der Waals surface area contributed by atoms with Gasteiger partial charge >= 0.3 is 0 Å². The van der Waals surface area contributed by atoms with Crippen molar-refractivity contribution in [3.05, 3.63) is 11.7 Å². The van der Waals surface area contributed by atoms with Gasteiger partial charge in [0.15, 0.2) is 0 Å². The van der Waals surface area contributed by atoms with Gasteiger partial charge < -0.3 is 15.0 Å². The van der Waals surface area contributed by atoms with E-state index in [4.69, 9.17) is 15.0 Å². The Bertz CT molecular complexity index is 397. The van der Waals surface area contributed by atoms with Crippen LogP contribution in [0.25, 0.3) is 0 Å². The molecule has 2 rings (SSSR count). The normalized spacial score (nSPS) is 19.6. The molecule has 108 valence electrons. The molecule has 5 nitrogen and oxygen atoms in total. The maximum atomic E-state index is 5.74. The molecule has 0 aromatic carbocycles. The van der Waals surface area contributed by atoms with E-state index in [9.17, 15) is 0 Å². The molecule has 1 aromatic heterocycles. The highest BCUT2D eigenvalue weighted by molar-refractivity contribution is 5.04. The predicted molar refractivity (Wildman–Crippen MR) is 72.7 cm³/mol. The van der Waals surface area contributed by atoms with Crippen LogP contribution >= 0.6 is 0 Å². The monoisotopic (exact) mass is 267 g/mol. The van der Waals surface area contributed by atoms with E-state index in [-0.39, 0.29) is 11.5 Å². The van der Waals surface area contributed by atoms with Gasteiger partial charge in [-0.15, -0.1) is 0 Å². The fraction of sp³-hybridized carbons (Fsp3) is 0.857. The Kier molecular flexibility index (Phi) is 4.58. The molecule has 0 saturated heterocycles. The molecule has 5 heteroatoms. The van der Waals surface area contributed by atoms with Gasteiger partial charge in [0.25, 0.3) is 0 Å². The second-order valence-electron chi connectivity index (χ2n) is 6.10. The van der Waals surface area contributed by atoms with Gasteiger partial charge in [0.05, 0.1) is 5.41 Å². The van der Waals surface area contributed by atoms with Crippen LogP contribution in [0, 0.1) is 5.92 Å². The third-order valence-electron chi connectivity index (χ3n) is 4.12. The molecule has 0 spiro atoms. The summed E-state index contributed by atoms with van der Waals surface area (Å²) in [5.74, 6) is 1.78. The van der Waals surface area contributed by atoms with E-state index >= 15 is 0 Å². The van der Waals surface area contributed by atoms with Gasteiger partial charge in [0.2, 0.25) is 11.7 Å². The molecule has 0 bridgehead atoms. The van der Waals surface area contributed by atoms with Crippen molar-refractivity contribution in [2.75, 3.05) is 13.7 Å². The summed E-state index contributed by atoms with van der Waals surface area (Å²) in [5, 5.41) is 4.11. The van der Waals surface area contributed by atoms with Crippen molar-refractivity contribution in [1.29, 1.82) is 0 Å². The number of hydrogen-bond donors (Lipinski definition) is 1. The molecule has 0 amide bonds. The zero-order valence-electron chi connectivity index (χ0n) is 12.2. The average Bonchev–Trinajstić information content (AvgIpc) is 2.91. The molecule has 1 saturated carbocycles. The second kappa shape index (κ2) is 6.01. The summed E-state index contributed by atoms with van der Waals surface area (Å²) in [6, 6.07) is 0. The summed E-state index contributed by atoms with van der Waals surface area (Å²) >= 11 is 0. The van der Waals surface area contributed by atoms with Crippen LogP contribution in [-0.2, 0) is 10.2 Å². The van der Waals surface area contributed by atoms with Crippen LogP contribution in [0.1, 0.15) is 63.8 Å². The molecule has 1 fully saturated rings. The molecular weight excluding hydrogens is 242 g/mol. The third-order valence-corrected chi connectivity index (χ3v) is 4.12. The Morgan fingerprint density at radius 1 is 1.37 bits per heavy atom. The van der Waals surface area contributed by atoms with Crippen molar-refractivity contribution in [3.63, 3.8) is 0 Å². The first-order chi connectivity index (χ1) is 9.08. The highest BCUT2D eigenvalue weighted by Gasteiger charge is 2.32. The molecule has 2 N–H and O–H groups in total. The van der Waals surface area contributed by atoms with E-state index in [2.05, 4.69) is 10.1 Å². The summed E-state index contributed by atoms with van der Waals surface area (Å²) in [4.78, 5) is 4.52. The van der Waals surface area contributed by atoms with Crippen LogP contribution in [0.5, 0.6) is 0 Å². The van der Waals surface area contributed by atoms with E-state index in [1.54, 1.807) is 7.11 Å². The van der Waals surface area contributed by atoms with Crippen molar-refractivity contribution in [3.8, 4) is 0 Å². The standard InChI is InChI=1S/C14H25N3O2/c1-14(2,9-15)13-16-12(17-19-13)11(18-3)10-7-5-4-6-8-10/h10-11H,4-9,15H2,1-3H3. The lowest BCUT2D eigenvalue weighted by atomic mass is 9.85. The van der Waals surface area contributed by atoms with Gasteiger partial charge in [-0.2, -0.15) is 4.98 Å². The molecule has 1 aliphatic rings. The van der Waals surface area contributed by atoms with Crippen molar-refractivity contribution in [2.45, 2.75) is 57.5 Å². The predicted octanol–water partition coefficient (Wildman–Crippen LogP) is 2.57. The number of nitrogens with two attached hydrogens (primary N) is 1. The molecule has 0 aliphatic heterocycles. The molecule has 0 radical (unpaired) electrons. The highest BCUT2D eigenvalue weighted by Crippen LogP contribution is 2.35. The second-order valence-corrected chi connectivity index (χ2v) is 6.10.